The summed E-state index contributed by atoms with van der Waals surface area (Å²) < 4.78 is 36.2. The summed E-state index contributed by atoms with van der Waals surface area (Å²) in [6.07, 6.45) is 1.90. The Morgan fingerprint density at radius 2 is 2.05 bits per heavy atom. The van der Waals surface area contributed by atoms with Crippen molar-refractivity contribution in [2.45, 2.75) is 30.7 Å². The molecule has 112 valence electrons. The van der Waals surface area contributed by atoms with Gasteiger partial charge in [-0.3, -0.25) is 0 Å². The molecule has 0 bridgehead atoms. The molecule has 0 unspecified atom stereocenters. The largest absolute Gasteiger partial charge is 0.380 e. The number of piperidine rings is 1. The number of benzene rings is 1. The van der Waals surface area contributed by atoms with Crippen LogP contribution in [-0.4, -0.2) is 39.0 Å². The molecule has 1 aromatic rings. The topological polar surface area (TPSA) is 75.4 Å². The van der Waals surface area contributed by atoms with Crippen LogP contribution in [0.2, 0.25) is 0 Å². The van der Waals surface area contributed by atoms with Gasteiger partial charge in [0, 0.05) is 19.1 Å². The minimum absolute atomic E-state index is 0.207. The van der Waals surface area contributed by atoms with E-state index in [0.717, 1.165) is 38.5 Å². The first-order valence-electron chi connectivity index (χ1n) is 6.71. The van der Waals surface area contributed by atoms with Crippen LogP contribution >= 0.6 is 0 Å². The molecule has 0 saturated carbocycles. The average molecular weight is 301 g/mol. The van der Waals surface area contributed by atoms with Gasteiger partial charge >= 0.3 is 0 Å². The molecule has 1 saturated heterocycles. The molecule has 0 aromatic heterocycles. The van der Waals surface area contributed by atoms with Crippen LogP contribution in [0.15, 0.2) is 23.1 Å². The van der Waals surface area contributed by atoms with E-state index in [-0.39, 0.29) is 10.9 Å². The van der Waals surface area contributed by atoms with E-state index in [1.807, 2.05) is 0 Å². The lowest BCUT2D eigenvalue weighted by molar-refractivity contribution is 0.229. The Hall–Kier alpha value is -1.18. The summed E-state index contributed by atoms with van der Waals surface area (Å²) in [7, 11) is -3.86. The molecule has 0 atom stereocenters. The highest BCUT2D eigenvalue weighted by atomic mass is 32.2. The van der Waals surface area contributed by atoms with Crippen molar-refractivity contribution < 1.29 is 12.8 Å². The molecule has 1 aromatic carbocycles. The Kier molecular flexibility index (Phi) is 4.62. The van der Waals surface area contributed by atoms with Crippen molar-refractivity contribution >= 4 is 15.7 Å². The number of nitrogens with two attached hydrogens (primary N) is 1. The van der Waals surface area contributed by atoms with Crippen LogP contribution in [-0.2, 0) is 10.0 Å². The van der Waals surface area contributed by atoms with E-state index < -0.39 is 15.8 Å². The first-order valence-corrected chi connectivity index (χ1v) is 8.26. The molecule has 3 N–H and O–H groups in total. The van der Waals surface area contributed by atoms with Gasteiger partial charge in [0.15, 0.2) is 0 Å². The van der Waals surface area contributed by atoms with Crippen LogP contribution in [0.4, 0.5) is 10.1 Å². The molecule has 7 heteroatoms. The van der Waals surface area contributed by atoms with Crippen LogP contribution in [0.25, 0.3) is 0 Å². The minimum atomic E-state index is -3.86. The number of halogens is 1. The van der Waals surface area contributed by atoms with Gasteiger partial charge in [0.1, 0.15) is 5.82 Å². The predicted octanol–water partition coefficient (Wildman–Crippen LogP) is 1.37. The quantitative estimate of drug-likeness (QED) is 0.881. The van der Waals surface area contributed by atoms with E-state index in [4.69, 9.17) is 5.14 Å². The summed E-state index contributed by atoms with van der Waals surface area (Å²) in [4.78, 5) is 2.14. The van der Waals surface area contributed by atoms with E-state index in [1.165, 1.54) is 12.1 Å². The molecule has 0 radical (unpaired) electrons. The van der Waals surface area contributed by atoms with Gasteiger partial charge in [0.25, 0.3) is 0 Å². The number of primary sulfonamides is 1. The number of nitrogens with one attached hydrogen (secondary N) is 1. The summed E-state index contributed by atoms with van der Waals surface area (Å²) in [5, 5.41) is 8.11. The molecular weight excluding hydrogens is 281 g/mol. The molecule has 0 aliphatic carbocycles. The Morgan fingerprint density at radius 1 is 1.40 bits per heavy atom. The summed E-state index contributed by atoms with van der Waals surface area (Å²) in [5.74, 6) is -0.588. The SMILES string of the molecule is CCN1CCC(Nc2ccc(S(N)(=O)=O)cc2F)CC1. The highest BCUT2D eigenvalue weighted by molar-refractivity contribution is 7.89. The lowest BCUT2D eigenvalue weighted by Crippen LogP contribution is -2.39. The lowest BCUT2D eigenvalue weighted by Gasteiger charge is -2.32. The zero-order valence-corrected chi connectivity index (χ0v) is 12.3. The third-order valence-electron chi connectivity index (χ3n) is 3.66. The highest BCUT2D eigenvalue weighted by Crippen LogP contribution is 2.21. The van der Waals surface area contributed by atoms with Gasteiger partial charge < -0.3 is 10.2 Å². The van der Waals surface area contributed by atoms with E-state index in [1.54, 1.807) is 0 Å². The van der Waals surface area contributed by atoms with Crippen molar-refractivity contribution in [3.8, 4) is 0 Å². The van der Waals surface area contributed by atoms with Crippen molar-refractivity contribution in [3.63, 3.8) is 0 Å². The molecule has 0 spiro atoms. The third kappa shape index (κ3) is 3.68. The first kappa shape index (κ1) is 15.2. The average Bonchev–Trinajstić information content (AvgIpc) is 2.41. The number of likely N-dealkylation sites (tertiary alicyclic amines) is 1. The molecule has 1 heterocycles. The highest BCUT2D eigenvalue weighted by Gasteiger charge is 2.19. The third-order valence-corrected chi connectivity index (χ3v) is 4.57. The monoisotopic (exact) mass is 301 g/mol. The van der Waals surface area contributed by atoms with Crippen molar-refractivity contribution in [1.82, 2.24) is 4.90 Å². The Bertz CT molecular complexity index is 569. The molecule has 0 amide bonds. The van der Waals surface area contributed by atoms with Crippen LogP contribution in [0.1, 0.15) is 19.8 Å². The summed E-state index contributed by atoms with van der Waals surface area (Å²) in [6.45, 7) is 5.14. The number of hydrogen-bond acceptors (Lipinski definition) is 4. The fourth-order valence-corrected chi connectivity index (χ4v) is 2.93. The predicted molar refractivity (Wildman–Crippen MR) is 76.5 cm³/mol. The molecular formula is C13H20FN3O2S. The van der Waals surface area contributed by atoms with Crippen molar-refractivity contribution in [1.29, 1.82) is 0 Å². The Morgan fingerprint density at radius 3 is 2.55 bits per heavy atom. The smallest absolute Gasteiger partial charge is 0.238 e. The van der Waals surface area contributed by atoms with Crippen LogP contribution in [0.3, 0.4) is 0 Å². The van der Waals surface area contributed by atoms with Crippen LogP contribution in [0, 0.1) is 5.82 Å². The maximum atomic E-state index is 13.9. The standard InChI is InChI=1S/C13H20FN3O2S/c1-2-17-7-5-10(6-8-17)16-13-4-3-11(9-12(13)14)20(15,18)19/h3-4,9-10,16H,2,5-8H2,1H3,(H2,15,18,19). The van der Waals surface area contributed by atoms with Crippen LogP contribution in [0.5, 0.6) is 0 Å². The van der Waals surface area contributed by atoms with Crippen LogP contribution < -0.4 is 10.5 Å². The van der Waals surface area contributed by atoms with Crippen molar-refractivity contribution in [3.05, 3.63) is 24.0 Å². The first-order chi connectivity index (χ1) is 9.40. The number of anilines is 1. The Labute approximate surface area is 119 Å². The second-order valence-corrected chi connectivity index (χ2v) is 6.60. The second kappa shape index (κ2) is 6.07. The van der Waals surface area contributed by atoms with Gasteiger partial charge in [0.2, 0.25) is 10.0 Å². The maximum Gasteiger partial charge on any atom is 0.238 e. The van der Waals surface area contributed by atoms with Crippen molar-refractivity contribution in [2.24, 2.45) is 5.14 Å². The number of rotatable bonds is 4. The van der Waals surface area contributed by atoms with E-state index in [9.17, 15) is 12.8 Å². The Balaban J connectivity index is 2.04. The van der Waals surface area contributed by atoms with E-state index in [2.05, 4.69) is 17.1 Å². The molecule has 1 fully saturated rings. The molecule has 2 rings (SSSR count). The van der Waals surface area contributed by atoms with E-state index in [0.29, 0.717) is 5.69 Å². The molecule has 1 aliphatic heterocycles. The van der Waals surface area contributed by atoms with E-state index >= 15 is 0 Å². The zero-order valence-electron chi connectivity index (χ0n) is 11.5. The minimum Gasteiger partial charge on any atom is -0.380 e. The maximum absolute atomic E-state index is 13.9. The number of hydrogen-bond donors (Lipinski definition) is 2. The normalized spacial score (nSPS) is 18.1. The van der Waals surface area contributed by atoms with Gasteiger partial charge in [-0.25, -0.2) is 17.9 Å². The summed E-state index contributed by atoms with van der Waals surface area (Å²) in [5.41, 5.74) is 0.326. The number of nitrogens with zero attached hydrogens (tertiary/aromatic N) is 1. The molecule has 5 nitrogen and oxygen atoms in total. The van der Waals surface area contributed by atoms with Gasteiger partial charge in [-0.2, -0.15) is 0 Å². The lowest BCUT2D eigenvalue weighted by atomic mass is 10.0. The molecule has 20 heavy (non-hydrogen) atoms. The molecule has 1 aliphatic rings. The van der Waals surface area contributed by atoms with Gasteiger partial charge in [-0.1, -0.05) is 6.92 Å². The van der Waals surface area contributed by atoms with Gasteiger partial charge in [-0.15, -0.1) is 0 Å². The fourth-order valence-electron chi connectivity index (χ4n) is 2.40. The fraction of sp³-hybridized carbons (Fsp3) is 0.538. The zero-order chi connectivity index (χ0) is 14.8. The van der Waals surface area contributed by atoms with Crippen molar-refractivity contribution in [2.75, 3.05) is 25.0 Å². The second-order valence-electron chi connectivity index (χ2n) is 5.04. The van der Waals surface area contributed by atoms with Gasteiger partial charge in [-0.05, 0) is 37.6 Å². The van der Waals surface area contributed by atoms with Gasteiger partial charge in [0.05, 0.1) is 10.6 Å². The number of sulfonamides is 1. The summed E-state index contributed by atoms with van der Waals surface area (Å²) >= 11 is 0. The summed E-state index contributed by atoms with van der Waals surface area (Å²) in [6, 6.07) is 3.93.